The van der Waals surface area contributed by atoms with Crippen LogP contribution in [0.2, 0.25) is 0 Å². The fraction of sp³-hybridized carbons (Fsp3) is 0.143. The molecule has 2 aromatic carbocycles. The maximum absolute atomic E-state index is 12.5. The summed E-state index contributed by atoms with van der Waals surface area (Å²) in [6.07, 6.45) is 0. The molecule has 6 heteroatoms. The first-order valence-corrected chi connectivity index (χ1v) is 9.35. The lowest BCUT2D eigenvalue weighted by molar-refractivity contribution is 0.417. The Bertz CT molecular complexity index is 1190. The lowest BCUT2D eigenvalue weighted by Crippen LogP contribution is -2.04. The van der Waals surface area contributed by atoms with Gasteiger partial charge in [0.25, 0.3) is 0 Å². The van der Waals surface area contributed by atoms with E-state index in [1.807, 2.05) is 61.7 Å². The number of aryl methyl sites for hydroxylation is 2. The second kappa shape index (κ2) is 6.89. The second-order valence-electron chi connectivity index (χ2n) is 6.24. The van der Waals surface area contributed by atoms with E-state index in [1.165, 1.54) is 11.3 Å². The van der Waals surface area contributed by atoms with Gasteiger partial charge in [0.05, 0.1) is 24.1 Å². The summed E-state index contributed by atoms with van der Waals surface area (Å²) in [6.45, 7) is 3.96. The summed E-state index contributed by atoms with van der Waals surface area (Å²) in [7, 11) is 1.62. The van der Waals surface area contributed by atoms with Crippen LogP contribution < -0.4 is 15.7 Å². The number of hydrogen-bond donors (Lipinski definition) is 1. The van der Waals surface area contributed by atoms with Crippen molar-refractivity contribution in [2.75, 3.05) is 12.4 Å². The van der Waals surface area contributed by atoms with E-state index >= 15 is 0 Å². The fourth-order valence-corrected chi connectivity index (χ4v) is 3.64. The molecule has 4 rings (SSSR count). The average molecular weight is 378 g/mol. The molecule has 0 aliphatic heterocycles. The van der Waals surface area contributed by atoms with E-state index < -0.39 is 0 Å². The number of thiazole rings is 1. The van der Waals surface area contributed by atoms with Crippen molar-refractivity contribution in [3.05, 3.63) is 69.4 Å². The van der Waals surface area contributed by atoms with Gasteiger partial charge in [0.1, 0.15) is 11.3 Å². The Labute approximate surface area is 160 Å². The van der Waals surface area contributed by atoms with Crippen LogP contribution >= 0.6 is 11.3 Å². The molecule has 136 valence electrons. The first-order chi connectivity index (χ1) is 13.1. The molecule has 0 radical (unpaired) electrons. The van der Waals surface area contributed by atoms with E-state index in [0.717, 1.165) is 28.0 Å². The van der Waals surface area contributed by atoms with E-state index in [0.29, 0.717) is 22.0 Å². The van der Waals surface area contributed by atoms with E-state index in [1.54, 1.807) is 7.11 Å². The van der Waals surface area contributed by atoms with Crippen molar-refractivity contribution in [2.24, 2.45) is 0 Å². The summed E-state index contributed by atoms with van der Waals surface area (Å²) >= 11 is 1.42. The second-order valence-corrected chi connectivity index (χ2v) is 7.09. The van der Waals surface area contributed by atoms with E-state index in [4.69, 9.17) is 9.15 Å². The van der Waals surface area contributed by atoms with Gasteiger partial charge in [-0.3, -0.25) is 0 Å². The van der Waals surface area contributed by atoms with Crippen molar-refractivity contribution < 1.29 is 9.15 Å². The minimum atomic E-state index is -0.384. The van der Waals surface area contributed by atoms with Crippen molar-refractivity contribution >= 4 is 33.1 Å². The standard InChI is InChI=1S/C21H18N2O3S/c1-12-8-9-14-10-15(20(24)26-19(14)13(12)2)17-11-27-21(23-17)22-16-6-4-5-7-18(16)25-3/h4-11H,1-3H3,(H,22,23). The van der Waals surface area contributed by atoms with Crippen LogP contribution in [0.15, 0.2) is 57.1 Å². The number of nitrogens with zero attached hydrogens (tertiary/aromatic N) is 1. The molecular formula is C21H18N2O3S. The number of methoxy groups -OCH3 is 1. The zero-order valence-electron chi connectivity index (χ0n) is 15.2. The van der Waals surface area contributed by atoms with Crippen molar-refractivity contribution in [1.82, 2.24) is 4.98 Å². The number of ether oxygens (including phenoxy) is 1. The van der Waals surface area contributed by atoms with Gasteiger partial charge in [-0.1, -0.05) is 24.3 Å². The number of rotatable bonds is 4. The maximum atomic E-state index is 12.5. The first kappa shape index (κ1) is 17.3. The van der Waals surface area contributed by atoms with Crippen molar-refractivity contribution in [3.63, 3.8) is 0 Å². The Morgan fingerprint density at radius 1 is 1.15 bits per heavy atom. The lowest BCUT2D eigenvalue weighted by atomic mass is 10.1. The molecule has 0 bridgehead atoms. The normalized spacial score (nSPS) is 10.9. The number of nitrogens with one attached hydrogen (secondary N) is 1. The molecule has 0 fully saturated rings. The molecule has 0 saturated heterocycles. The number of hydrogen-bond acceptors (Lipinski definition) is 6. The van der Waals surface area contributed by atoms with Gasteiger partial charge in [0.2, 0.25) is 0 Å². The monoisotopic (exact) mass is 378 g/mol. The molecule has 0 saturated carbocycles. The fourth-order valence-electron chi connectivity index (χ4n) is 2.92. The van der Waals surface area contributed by atoms with Crippen LogP contribution in [-0.4, -0.2) is 12.1 Å². The molecule has 27 heavy (non-hydrogen) atoms. The summed E-state index contributed by atoms with van der Waals surface area (Å²) in [5, 5.41) is 6.64. The van der Waals surface area contributed by atoms with Crippen LogP contribution in [0.3, 0.4) is 0 Å². The van der Waals surface area contributed by atoms with Crippen LogP contribution in [0.5, 0.6) is 5.75 Å². The third-order valence-electron chi connectivity index (χ3n) is 4.55. The van der Waals surface area contributed by atoms with Crippen LogP contribution in [0.1, 0.15) is 11.1 Å². The molecule has 0 unspecified atom stereocenters. The SMILES string of the molecule is COc1ccccc1Nc1nc(-c2cc3ccc(C)c(C)c3oc2=O)cs1. The smallest absolute Gasteiger partial charge is 0.345 e. The quantitative estimate of drug-likeness (QED) is 0.489. The Morgan fingerprint density at radius 3 is 2.78 bits per heavy atom. The van der Waals surface area contributed by atoms with Gasteiger partial charge >= 0.3 is 5.63 Å². The van der Waals surface area contributed by atoms with E-state index in [9.17, 15) is 4.79 Å². The summed E-state index contributed by atoms with van der Waals surface area (Å²) in [5.74, 6) is 0.727. The van der Waals surface area contributed by atoms with Crippen LogP contribution in [0.4, 0.5) is 10.8 Å². The Hall–Kier alpha value is -3.12. The van der Waals surface area contributed by atoms with Gasteiger partial charge in [-0.2, -0.15) is 0 Å². The third-order valence-corrected chi connectivity index (χ3v) is 5.31. The van der Waals surface area contributed by atoms with Gasteiger partial charge in [-0.25, -0.2) is 9.78 Å². The Kier molecular flexibility index (Phi) is 4.41. The lowest BCUT2D eigenvalue weighted by Gasteiger charge is -2.08. The Balaban J connectivity index is 1.72. The molecule has 0 aliphatic carbocycles. The van der Waals surface area contributed by atoms with Gasteiger partial charge in [0.15, 0.2) is 5.13 Å². The van der Waals surface area contributed by atoms with Crippen molar-refractivity contribution in [3.8, 4) is 17.0 Å². The molecule has 0 aliphatic rings. The van der Waals surface area contributed by atoms with Crippen molar-refractivity contribution in [2.45, 2.75) is 13.8 Å². The maximum Gasteiger partial charge on any atom is 0.345 e. The zero-order valence-corrected chi connectivity index (χ0v) is 16.0. The number of fused-ring (bicyclic) bond motifs is 1. The highest BCUT2D eigenvalue weighted by Gasteiger charge is 2.14. The number of anilines is 2. The topological polar surface area (TPSA) is 64.4 Å². The molecule has 0 spiro atoms. The summed E-state index contributed by atoms with van der Waals surface area (Å²) < 4.78 is 10.9. The summed E-state index contributed by atoms with van der Waals surface area (Å²) in [5.41, 5.74) is 4.18. The number of benzene rings is 2. The number of para-hydroxylation sites is 2. The van der Waals surface area contributed by atoms with Crippen LogP contribution in [0, 0.1) is 13.8 Å². The van der Waals surface area contributed by atoms with Crippen LogP contribution in [0.25, 0.3) is 22.2 Å². The predicted molar refractivity (Wildman–Crippen MR) is 109 cm³/mol. The third kappa shape index (κ3) is 3.19. The molecule has 2 aromatic heterocycles. The van der Waals surface area contributed by atoms with E-state index in [-0.39, 0.29) is 5.63 Å². The predicted octanol–water partition coefficient (Wildman–Crippen LogP) is 5.29. The van der Waals surface area contributed by atoms with Gasteiger partial charge in [-0.05, 0) is 43.2 Å². The van der Waals surface area contributed by atoms with Crippen LogP contribution in [-0.2, 0) is 0 Å². The minimum absolute atomic E-state index is 0.384. The molecule has 1 N–H and O–H groups in total. The zero-order chi connectivity index (χ0) is 19.0. The molecule has 2 heterocycles. The van der Waals surface area contributed by atoms with Gasteiger partial charge < -0.3 is 14.5 Å². The molecule has 5 nitrogen and oxygen atoms in total. The molecule has 0 atom stereocenters. The highest BCUT2D eigenvalue weighted by Crippen LogP contribution is 2.31. The first-order valence-electron chi connectivity index (χ1n) is 8.47. The Morgan fingerprint density at radius 2 is 1.96 bits per heavy atom. The summed E-state index contributed by atoms with van der Waals surface area (Å²) in [4.78, 5) is 17.1. The molecular weight excluding hydrogens is 360 g/mol. The van der Waals surface area contributed by atoms with Gasteiger partial charge in [0, 0.05) is 10.8 Å². The highest BCUT2D eigenvalue weighted by atomic mass is 32.1. The average Bonchev–Trinajstić information content (AvgIpc) is 3.13. The molecule has 4 aromatic rings. The van der Waals surface area contributed by atoms with Crippen molar-refractivity contribution in [1.29, 1.82) is 0 Å². The largest absolute Gasteiger partial charge is 0.495 e. The summed E-state index contributed by atoms with van der Waals surface area (Å²) in [6, 6.07) is 13.4. The van der Waals surface area contributed by atoms with E-state index in [2.05, 4.69) is 10.3 Å². The highest BCUT2D eigenvalue weighted by molar-refractivity contribution is 7.14. The minimum Gasteiger partial charge on any atom is -0.495 e. The number of aromatic nitrogens is 1. The van der Waals surface area contributed by atoms with Gasteiger partial charge in [-0.15, -0.1) is 11.3 Å². The molecule has 0 amide bonds.